The van der Waals surface area contributed by atoms with Crippen LogP contribution in [0.4, 0.5) is 0 Å². The van der Waals surface area contributed by atoms with Crippen molar-refractivity contribution in [2.24, 2.45) is 5.92 Å². The first-order chi connectivity index (χ1) is 12.2. The van der Waals surface area contributed by atoms with Gasteiger partial charge in [-0.25, -0.2) is 4.68 Å². The summed E-state index contributed by atoms with van der Waals surface area (Å²) in [6.45, 7) is 2.53. The van der Waals surface area contributed by atoms with Crippen molar-refractivity contribution in [1.82, 2.24) is 15.1 Å². The first kappa shape index (κ1) is 17.2. The summed E-state index contributed by atoms with van der Waals surface area (Å²) < 4.78 is 12.1. The average molecular weight is 343 g/mol. The number of amides is 1. The zero-order valence-corrected chi connectivity index (χ0v) is 13.9. The van der Waals surface area contributed by atoms with E-state index in [-0.39, 0.29) is 23.7 Å². The Kier molecular flexibility index (Phi) is 5.79. The summed E-state index contributed by atoms with van der Waals surface area (Å²) in [7, 11) is 0. The SMILES string of the molecule is O=C(NC[C@H]1CCOC1)c1ccc(=O)n(CCOc2ccccc2)n1. The zero-order valence-electron chi connectivity index (χ0n) is 13.9. The number of ether oxygens (including phenoxy) is 2. The number of hydrogen-bond donors (Lipinski definition) is 1. The molecule has 7 nitrogen and oxygen atoms in total. The maximum atomic E-state index is 12.2. The van der Waals surface area contributed by atoms with Gasteiger partial charge in [0.25, 0.3) is 11.5 Å². The molecule has 1 amide bonds. The number of carbonyl (C=O) groups is 1. The van der Waals surface area contributed by atoms with E-state index < -0.39 is 0 Å². The number of hydrogen-bond acceptors (Lipinski definition) is 5. The van der Waals surface area contributed by atoms with Crippen molar-refractivity contribution in [2.45, 2.75) is 13.0 Å². The fourth-order valence-electron chi connectivity index (χ4n) is 2.57. The third-order valence-corrected chi connectivity index (χ3v) is 3.99. The molecule has 1 aliphatic heterocycles. The van der Waals surface area contributed by atoms with Gasteiger partial charge < -0.3 is 14.8 Å². The lowest BCUT2D eigenvalue weighted by Crippen LogP contribution is -2.33. The molecule has 1 aliphatic rings. The van der Waals surface area contributed by atoms with Crippen LogP contribution < -0.4 is 15.6 Å². The van der Waals surface area contributed by atoms with Gasteiger partial charge >= 0.3 is 0 Å². The van der Waals surface area contributed by atoms with E-state index in [2.05, 4.69) is 10.4 Å². The third kappa shape index (κ3) is 4.90. The third-order valence-electron chi connectivity index (χ3n) is 3.99. The normalized spacial score (nSPS) is 16.6. The lowest BCUT2D eigenvalue weighted by molar-refractivity contribution is 0.0937. The van der Waals surface area contributed by atoms with Gasteiger partial charge in [0.2, 0.25) is 0 Å². The van der Waals surface area contributed by atoms with Crippen LogP contribution in [0.1, 0.15) is 16.9 Å². The Morgan fingerprint density at radius 3 is 2.88 bits per heavy atom. The largest absolute Gasteiger partial charge is 0.492 e. The van der Waals surface area contributed by atoms with Crippen molar-refractivity contribution >= 4 is 5.91 Å². The number of para-hydroxylation sites is 1. The summed E-state index contributed by atoms with van der Waals surface area (Å²) in [5, 5.41) is 6.97. The Labute approximate surface area is 145 Å². The molecule has 1 aromatic heterocycles. The molecule has 7 heteroatoms. The second-order valence-electron chi connectivity index (χ2n) is 5.88. The Balaban J connectivity index is 1.55. The van der Waals surface area contributed by atoms with Crippen molar-refractivity contribution in [3.63, 3.8) is 0 Å². The minimum atomic E-state index is -0.287. The molecular weight excluding hydrogens is 322 g/mol. The molecule has 2 heterocycles. The van der Waals surface area contributed by atoms with Crippen molar-refractivity contribution < 1.29 is 14.3 Å². The fraction of sp³-hybridized carbons (Fsp3) is 0.389. The van der Waals surface area contributed by atoms with E-state index in [0.717, 1.165) is 18.8 Å². The van der Waals surface area contributed by atoms with E-state index >= 15 is 0 Å². The van der Waals surface area contributed by atoms with E-state index in [0.29, 0.717) is 25.7 Å². The highest BCUT2D eigenvalue weighted by atomic mass is 16.5. The molecule has 0 bridgehead atoms. The number of carbonyl (C=O) groups excluding carboxylic acids is 1. The van der Waals surface area contributed by atoms with E-state index in [1.165, 1.54) is 16.8 Å². The maximum Gasteiger partial charge on any atom is 0.271 e. The molecule has 1 fully saturated rings. The van der Waals surface area contributed by atoms with Gasteiger partial charge in [-0.3, -0.25) is 9.59 Å². The highest BCUT2D eigenvalue weighted by Crippen LogP contribution is 2.10. The molecule has 2 aromatic rings. The van der Waals surface area contributed by atoms with Crippen LogP contribution in [0.3, 0.4) is 0 Å². The van der Waals surface area contributed by atoms with Crippen LogP contribution in [0, 0.1) is 5.92 Å². The number of aromatic nitrogens is 2. The Bertz CT molecular complexity index is 754. The molecule has 0 spiro atoms. The maximum absolute atomic E-state index is 12.2. The van der Waals surface area contributed by atoms with Crippen molar-refractivity contribution in [3.8, 4) is 5.75 Å². The van der Waals surface area contributed by atoms with E-state index in [1.54, 1.807) is 0 Å². The van der Waals surface area contributed by atoms with Crippen LogP contribution in [0.2, 0.25) is 0 Å². The van der Waals surface area contributed by atoms with Crippen LogP contribution in [-0.2, 0) is 11.3 Å². The quantitative estimate of drug-likeness (QED) is 0.814. The standard InChI is InChI=1S/C18H21N3O4/c22-17-7-6-16(18(23)19-12-14-8-10-24-13-14)20-21(17)9-11-25-15-4-2-1-3-5-15/h1-7,14H,8-13H2,(H,19,23)/t14-/m1/s1. The first-order valence-corrected chi connectivity index (χ1v) is 8.34. The molecule has 3 rings (SSSR count). The van der Waals surface area contributed by atoms with Gasteiger partial charge in [0.15, 0.2) is 0 Å². The van der Waals surface area contributed by atoms with Gasteiger partial charge in [0, 0.05) is 25.1 Å². The predicted molar refractivity (Wildman–Crippen MR) is 91.7 cm³/mol. The molecule has 0 radical (unpaired) electrons. The van der Waals surface area contributed by atoms with E-state index in [1.807, 2.05) is 30.3 Å². The molecule has 25 heavy (non-hydrogen) atoms. The van der Waals surface area contributed by atoms with Gasteiger partial charge in [-0.15, -0.1) is 0 Å². The Morgan fingerprint density at radius 2 is 2.12 bits per heavy atom. The van der Waals surface area contributed by atoms with Crippen molar-refractivity contribution in [2.75, 3.05) is 26.4 Å². The van der Waals surface area contributed by atoms with Crippen LogP contribution in [-0.4, -0.2) is 42.1 Å². The van der Waals surface area contributed by atoms with Gasteiger partial charge in [-0.2, -0.15) is 5.10 Å². The molecular formula is C18H21N3O4. The summed E-state index contributed by atoms with van der Waals surface area (Å²) in [6.07, 6.45) is 0.948. The highest BCUT2D eigenvalue weighted by Gasteiger charge is 2.17. The number of rotatable bonds is 7. The molecule has 1 saturated heterocycles. The van der Waals surface area contributed by atoms with Crippen LogP contribution in [0.5, 0.6) is 5.75 Å². The monoisotopic (exact) mass is 343 g/mol. The number of benzene rings is 1. The van der Waals surface area contributed by atoms with Gasteiger partial charge in [0.05, 0.1) is 13.2 Å². The summed E-state index contributed by atoms with van der Waals surface area (Å²) in [5.74, 6) is 0.780. The molecule has 0 unspecified atom stereocenters. The van der Waals surface area contributed by atoms with Crippen molar-refractivity contribution in [3.05, 3.63) is 58.5 Å². The lowest BCUT2D eigenvalue weighted by Gasteiger charge is -2.11. The van der Waals surface area contributed by atoms with Gasteiger partial charge in [-0.1, -0.05) is 18.2 Å². The minimum absolute atomic E-state index is 0.221. The minimum Gasteiger partial charge on any atom is -0.492 e. The topological polar surface area (TPSA) is 82.5 Å². The van der Waals surface area contributed by atoms with Gasteiger partial charge in [0.1, 0.15) is 18.1 Å². The summed E-state index contributed by atoms with van der Waals surface area (Å²) in [6, 6.07) is 12.1. The van der Waals surface area contributed by atoms with Crippen LogP contribution >= 0.6 is 0 Å². The van der Waals surface area contributed by atoms with Crippen LogP contribution in [0.25, 0.3) is 0 Å². The first-order valence-electron chi connectivity index (χ1n) is 8.34. The molecule has 1 aromatic carbocycles. The smallest absolute Gasteiger partial charge is 0.271 e. The van der Waals surface area contributed by atoms with Crippen molar-refractivity contribution in [1.29, 1.82) is 0 Å². The second-order valence-corrected chi connectivity index (χ2v) is 5.88. The number of nitrogens with one attached hydrogen (secondary N) is 1. The second kappa shape index (κ2) is 8.43. The Morgan fingerprint density at radius 1 is 1.28 bits per heavy atom. The van der Waals surface area contributed by atoms with Crippen LogP contribution in [0.15, 0.2) is 47.3 Å². The molecule has 132 valence electrons. The summed E-state index contributed by atoms with van der Waals surface area (Å²) >= 11 is 0. The lowest BCUT2D eigenvalue weighted by atomic mass is 10.1. The molecule has 0 aliphatic carbocycles. The fourth-order valence-corrected chi connectivity index (χ4v) is 2.57. The highest BCUT2D eigenvalue weighted by molar-refractivity contribution is 5.91. The molecule has 1 N–H and O–H groups in total. The summed E-state index contributed by atoms with van der Waals surface area (Å²) in [4.78, 5) is 24.1. The summed E-state index contributed by atoms with van der Waals surface area (Å²) in [5.41, 5.74) is -0.0457. The van der Waals surface area contributed by atoms with E-state index in [4.69, 9.17) is 9.47 Å². The predicted octanol–water partition coefficient (Wildman–Crippen LogP) is 1.09. The van der Waals surface area contributed by atoms with Gasteiger partial charge in [-0.05, 0) is 24.6 Å². The molecule has 1 atom stereocenters. The molecule has 0 saturated carbocycles. The average Bonchev–Trinajstić information content (AvgIpc) is 3.16. The zero-order chi connectivity index (χ0) is 17.5. The van der Waals surface area contributed by atoms with E-state index in [9.17, 15) is 9.59 Å². The number of nitrogens with zero attached hydrogens (tertiary/aromatic N) is 2. The Hall–Kier alpha value is -2.67.